The van der Waals surface area contributed by atoms with Gasteiger partial charge in [-0.2, -0.15) is 0 Å². The van der Waals surface area contributed by atoms with Gasteiger partial charge in [0.2, 0.25) is 0 Å². The summed E-state index contributed by atoms with van der Waals surface area (Å²) in [7, 11) is 0. The van der Waals surface area contributed by atoms with Crippen LogP contribution in [0.2, 0.25) is 5.02 Å². The number of likely N-dealkylation sites (tertiary alicyclic amines) is 1. The minimum Gasteiger partial charge on any atom is -0.481 e. The summed E-state index contributed by atoms with van der Waals surface area (Å²) >= 11 is 9.65. The Kier molecular flexibility index (Phi) is 5.87. The van der Waals surface area contributed by atoms with Crippen LogP contribution >= 0.6 is 27.5 Å². The molecular formula is C15H19BrClNO2. The second kappa shape index (κ2) is 7.43. The third-order valence-corrected chi connectivity index (χ3v) is 4.73. The van der Waals surface area contributed by atoms with E-state index in [1.807, 2.05) is 12.1 Å². The Balaban J connectivity index is 1.80. The fourth-order valence-electron chi connectivity index (χ4n) is 2.65. The number of halogens is 2. The third-order valence-electron chi connectivity index (χ3n) is 3.88. The van der Waals surface area contributed by atoms with Crippen LogP contribution in [0, 0.1) is 5.92 Å². The highest BCUT2D eigenvalue weighted by molar-refractivity contribution is 9.10. The molecule has 1 fully saturated rings. The number of carboxylic acid groups (broad SMARTS) is 1. The summed E-state index contributed by atoms with van der Waals surface area (Å²) in [6, 6.07) is 6.00. The van der Waals surface area contributed by atoms with E-state index in [0.717, 1.165) is 54.0 Å². The van der Waals surface area contributed by atoms with Crippen LogP contribution in [-0.2, 0) is 11.3 Å². The molecule has 2 rings (SSSR count). The second-order valence-corrected chi connectivity index (χ2v) is 6.71. The molecule has 1 aromatic rings. The van der Waals surface area contributed by atoms with E-state index < -0.39 is 5.97 Å². The molecule has 1 aliphatic rings. The van der Waals surface area contributed by atoms with Crippen LogP contribution in [0.3, 0.4) is 0 Å². The number of rotatable bonds is 5. The molecule has 3 nitrogen and oxygen atoms in total. The molecule has 0 atom stereocenters. The van der Waals surface area contributed by atoms with Gasteiger partial charge in [-0.05, 0) is 56.0 Å². The molecule has 1 N–H and O–H groups in total. The average Bonchev–Trinajstić information content (AvgIpc) is 2.41. The van der Waals surface area contributed by atoms with Crippen molar-refractivity contribution in [1.82, 2.24) is 4.90 Å². The normalized spacial score (nSPS) is 17.3. The van der Waals surface area contributed by atoms with Gasteiger partial charge in [-0.1, -0.05) is 33.6 Å². The maximum Gasteiger partial charge on any atom is 0.303 e. The van der Waals surface area contributed by atoms with Gasteiger partial charge in [0.25, 0.3) is 0 Å². The van der Waals surface area contributed by atoms with Gasteiger partial charge in [-0.15, -0.1) is 0 Å². The van der Waals surface area contributed by atoms with E-state index in [4.69, 9.17) is 16.7 Å². The molecule has 0 aromatic heterocycles. The molecule has 0 spiro atoms. The van der Waals surface area contributed by atoms with Crippen LogP contribution in [0.25, 0.3) is 0 Å². The third kappa shape index (κ3) is 4.76. The molecule has 1 aromatic carbocycles. The summed E-state index contributed by atoms with van der Waals surface area (Å²) < 4.78 is 0.999. The maximum atomic E-state index is 10.6. The number of carboxylic acids is 1. The van der Waals surface area contributed by atoms with Gasteiger partial charge in [0.1, 0.15) is 0 Å². The van der Waals surface area contributed by atoms with Crippen LogP contribution in [0.4, 0.5) is 0 Å². The highest BCUT2D eigenvalue weighted by Crippen LogP contribution is 2.26. The van der Waals surface area contributed by atoms with E-state index in [-0.39, 0.29) is 0 Å². The maximum absolute atomic E-state index is 10.6. The SMILES string of the molecule is O=C(O)CCC1CCN(Cc2ccc(Br)cc2Cl)CC1. The Morgan fingerprint density at radius 3 is 2.70 bits per heavy atom. The van der Waals surface area contributed by atoms with Crippen LogP contribution in [0.15, 0.2) is 22.7 Å². The summed E-state index contributed by atoms with van der Waals surface area (Å²) in [6.45, 7) is 2.92. The number of aliphatic carboxylic acids is 1. The minimum atomic E-state index is -0.686. The predicted molar refractivity (Wildman–Crippen MR) is 84.0 cm³/mol. The fourth-order valence-corrected chi connectivity index (χ4v) is 3.38. The lowest BCUT2D eigenvalue weighted by atomic mass is 9.92. The van der Waals surface area contributed by atoms with Crippen molar-refractivity contribution in [3.63, 3.8) is 0 Å². The van der Waals surface area contributed by atoms with Crippen LogP contribution in [-0.4, -0.2) is 29.1 Å². The lowest BCUT2D eigenvalue weighted by Crippen LogP contribution is -2.33. The van der Waals surface area contributed by atoms with E-state index in [1.165, 1.54) is 0 Å². The lowest BCUT2D eigenvalue weighted by molar-refractivity contribution is -0.137. The van der Waals surface area contributed by atoms with E-state index in [0.29, 0.717) is 12.3 Å². The van der Waals surface area contributed by atoms with Gasteiger partial charge in [0, 0.05) is 22.5 Å². The number of hydrogen-bond acceptors (Lipinski definition) is 2. The molecule has 5 heteroatoms. The highest BCUT2D eigenvalue weighted by atomic mass is 79.9. The topological polar surface area (TPSA) is 40.5 Å². The van der Waals surface area contributed by atoms with Crippen molar-refractivity contribution in [3.05, 3.63) is 33.3 Å². The Hall–Kier alpha value is -0.580. The van der Waals surface area contributed by atoms with E-state index in [2.05, 4.69) is 26.9 Å². The molecule has 0 bridgehead atoms. The van der Waals surface area contributed by atoms with Crippen molar-refractivity contribution >= 4 is 33.5 Å². The molecule has 0 amide bonds. The van der Waals surface area contributed by atoms with Crippen molar-refractivity contribution in [2.24, 2.45) is 5.92 Å². The molecular weight excluding hydrogens is 342 g/mol. The number of carbonyl (C=O) groups is 1. The summed E-state index contributed by atoms with van der Waals surface area (Å²) in [5.41, 5.74) is 1.15. The van der Waals surface area contributed by atoms with Crippen LogP contribution < -0.4 is 0 Å². The summed E-state index contributed by atoms with van der Waals surface area (Å²) in [5.74, 6) is -0.128. The fraction of sp³-hybridized carbons (Fsp3) is 0.533. The van der Waals surface area contributed by atoms with E-state index in [1.54, 1.807) is 0 Å². The zero-order valence-electron chi connectivity index (χ0n) is 11.3. The Morgan fingerprint density at radius 1 is 1.40 bits per heavy atom. The van der Waals surface area contributed by atoms with Crippen molar-refractivity contribution in [2.45, 2.75) is 32.2 Å². The Labute approximate surface area is 133 Å². The predicted octanol–water partition coefficient (Wildman–Crippen LogP) is 4.18. The monoisotopic (exact) mass is 359 g/mol. The first-order valence-electron chi connectivity index (χ1n) is 6.92. The molecule has 1 heterocycles. The number of benzene rings is 1. The first kappa shape index (κ1) is 15.8. The summed E-state index contributed by atoms with van der Waals surface area (Å²) in [4.78, 5) is 13.0. The van der Waals surface area contributed by atoms with Crippen molar-refractivity contribution in [1.29, 1.82) is 0 Å². The molecule has 0 radical (unpaired) electrons. The van der Waals surface area contributed by atoms with Crippen molar-refractivity contribution in [2.75, 3.05) is 13.1 Å². The Morgan fingerprint density at radius 2 is 2.10 bits per heavy atom. The van der Waals surface area contributed by atoms with E-state index >= 15 is 0 Å². The zero-order chi connectivity index (χ0) is 14.5. The standard InChI is InChI=1S/C15H19BrClNO2/c16-13-3-2-12(14(17)9-13)10-18-7-5-11(6-8-18)1-4-15(19)20/h2-3,9,11H,1,4-8,10H2,(H,19,20). The number of hydrogen-bond donors (Lipinski definition) is 1. The van der Waals surface area contributed by atoms with Crippen LogP contribution in [0.1, 0.15) is 31.2 Å². The average molecular weight is 361 g/mol. The van der Waals surface area contributed by atoms with Crippen LogP contribution in [0.5, 0.6) is 0 Å². The largest absolute Gasteiger partial charge is 0.481 e. The summed E-state index contributed by atoms with van der Waals surface area (Å²) in [6.07, 6.45) is 3.27. The van der Waals surface area contributed by atoms with Gasteiger partial charge in [0.15, 0.2) is 0 Å². The number of piperidine rings is 1. The lowest BCUT2D eigenvalue weighted by Gasteiger charge is -2.32. The van der Waals surface area contributed by atoms with Gasteiger partial charge in [-0.3, -0.25) is 9.69 Å². The highest BCUT2D eigenvalue weighted by Gasteiger charge is 2.20. The summed E-state index contributed by atoms with van der Waals surface area (Å²) in [5, 5.41) is 9.51. The minimum absolute atomic E-state index is 0.295. The first-order chi connectivity index (χ1) is 9.54. The zero-order valence-corrected chi connectivity index (χ0v) is 13.7. The smallest absolute Gasteiger partial charge is 0.303 e. The molecule has 0 unspecified atom stereocenters. The van der Waals surface area contributed by atoms with E-state index in [9.17, 15) is 4.79 Å². The molecule has 1 aliphatic heterocycles. The van der Waals surface area contributed by atoms with Gasteiger partial charge < -0.3 is 5.11 Å². The second-order valence-electron chi connectivity index (χ2n) is 5.39. The quantitative estimate of drug-likeness (QED) is 0.856. The molecule has 110 valence electrons. The number of nitrogens with zero attached hydrogens (tertiary/aromatic N) is 1. The van der Waals surface area contributed by atoms with Gasteiger partial charge in [-0.25, -0.2) is 0 Å². The first-order valence-corrected chi connectivity index (χ1v) is 8.10. The molecule has 20 heavy (non-hydrogen) atoms. The van der Waals surface area contributed by atoms with Gasteiger partial charge >= 0.3 is 5.97 Å². The van der Waals surface area contributed by atoms with Crippen molar-refractivity contribution in [3.8, 4) is 0 Å². The molecule has 1 saturated heterocycles. The van der Waals surface area contributed by atoms with Gasteiger partial charge in [0.05, 0.1) is 0 Å². The van der Waals surface area contributed by atoms with Crippen molar-refractivity contribution < 1.29 is 9.90 Å². The Bertz CT molecular complexity index is 473. The molecule has 0 saturated carbocycles. The molecule has 0 aliphatic carbocycles.